The Bertz CT molecular complexity index is 341. The lowest BCUT2D eigenvalue weighted by Gasteiger charge is -2.02. The fraction of sp³-hybridized carbons (Fsp3) is 0.400. The average molecular weight is 228 g/mol. The number of rotatable bonds is 5. The van der Waals surface area contributed by atoms with Crippen LogP contribution in [0, 0.1) is 0 Å². The lowest BCUT2D eigenvalue weighted by Crippen LogP contribution is -2.19. The molecule has 0 aromatic carbocycles. The molecule has 0 saturated carbocycles. The van der Waals surface area contributed by atoms with Gasteiger partial charge in [0.15, 0.2) is 12.4 Å². The van der Waals surface area contributed by atoms with Crippen LogP contribution in [0.2, 0.25) is 0 Å². The molecule has 16 heavy (non-hydrogen) atoms. The largest absolute Gasteiger partial charge is 0.458 e. The van der Waals surface area contributed by atoms with E-state index in [9.17, 15) is 19.2 Å². The molecule has 0 aliphatic heterocycles. The Balaban J connectivity index is 3.96. The molecule has 0 saturated heterocycles. The van der Waals surface area contributed by atoms with Gasteiger partial charge in [0, 0.05) is 12.5 Å². The van der Waals surface area contributed by atoms with Crippen molar-refractivity contribution in [2.24, 2.45) is 0 Å². The van der Waals surface area contributed by atoms with Crippen molar-refractivity contribution in [2.45, 2.75) is 20.3 Å². The van der Waals surface area contributed by atoms with Gasteiger partial charge in [-0.2, -0.15) is 0 Å². The van der Waals surface area contributed by atoms with E-state index in [1.807, 2.05) is 0 Å². The summed E-state index contributed by atoms with van der Waals surface area (Å²) in [6.45, 7) is 5.26. The molecule has 0 rings (SSSR count). The topological polar surface area (TPSA) is 86.7 Å². The zero-order valence-corrected chi connectivity index (χ0v) is 9.07. The second-order valence-corrected chi connectivity index (χ2v) is 3.04. The minimum absolute atomic E-state index is 0.0563. The van der Waals surface area contributed by atoms with Crippen LogP contribution in [0.3, 0.4) is 0 Å². The molecule has 0 spiro atoms. The van der Waals surface area contributed by atoms with Gasteiger partial charge in [-0.15, -0.1) is 0 Å². The Morgan fingerprint density at radius 1 is 1.12 bits per heavy atom. The monoisotopic (exact) mass is 228 g/mol. The third-order valence-electron chi connectivity index (χ3n) is 1.33. The highest BCUT2D eigenvalue weighted by Gasteiger charge is 2.15. The summed E-state index contributed by atoms with van der Waals surface area (Å²) < 4.78 is 8.61. The number of hydrogen-bond acceptors (Lipinski definition) is 6. The highest BCUT2D eigenvalue weighted by atomic mass is 16.6. The van der Waals surface area contributed by atoms with Crippen LogP contribution in [-0.2, 0) is 28.7 Å². The van der Waals surface area contributed by atoms with Gasteiger partial charge in [0.2, 0.25) is 0 Å². The van der Waals surface area contributed by atoms with Gasteiger partial charge in [-0.05, 0) is 6.92 Å². The van der Waals surface area contributed by atoms with E-state index in [-0.39, 0.29) is 5.57 Å². The Hall–Kier alpha value is -1.98. The third kappa shape index (κ3) is 6.47. The Morgan fingerprint density at radius 2 is 1.69 bits per heavy atom. The first-order valence-corrected chi connectivity index (χ1v) is 4.38. The second kappa shape index (κ2) is 6.49. The summed E-state index contributed by atoms with van der Waals surface area (Å²) >= 11 is 0. The summed E-state index contributed by atoms with van der Waals surface area (Å²) in [6, 6.07) is 0. The van der Waals surface area contributed by atoms with Crippen LogP contribution in [0.4, 0.5) is 0 Å². The minimum atomic E-state index is -0.995. The molecular formula is C10H12O6. The molecule has 0 aliphatic rings. The fourth-order valence-corrected chi connectivity index (χ4v) is 0.621. The number of Topliss-reactive ketones (excluding diaryl/α,β-unsaturated/α-hetero) is 1. The summed E-state index contributed by atoms with van der Waals surface area (Å²) in [6.07, 6.45) is -0.619. The van der Waals surface area contributed by atoms with Crippen molar-refractivity contribution >= 4 is 23.7 Å². The molecular weight excluding hydrogens is 216 g/mol. The maximum absolute atomic E-state index is 11.0. The van der Waals surface area contributed by atoms with E-state index >= 15 is 0 Å². The first-order valence-electron chi connectivity index (χ1n) is 4.38. The van der Waals surface area contributed by atoms with Crippen molar-refractivity contribution in [1.29, 1.82) is 0 Å². The lowest BCUT2D eigenvalue weighted by atomic mass is 10.3. The molecule has 0 bridgehead atoms. The SMILES string of the molecule is C=C(C)C(=O)OC(=O)CC(=O)COC(C)=O. The van der Waals surface area contributed by atoms with E-state index < -0.39 is 36.7 Å². The number of carbonyl (C=O) groups excluding carboxylic acids is 4. The second-order valence-electron chi connectivity index (χ2n) is 3.04. The summed E-state index contributed by atoms with van der Waals surface area (Å²) in [5.74, 6) is -3.15. The zero-order chi connectivity index (χ0) is 12.7. The molecule has 0 unspecified atom stereocenters. The van der Waals surface area contributed by atoms with Crippen LogP contribution in [0.1, 0.15) is 20.3 Å². The van der Waals surface area contributed by atoms with Gasteiger partial charge in [0.25, 0.3) is 0 Å². The molecule has 0 fully saturated rings. The molecule has 88 valence electrons. The maximum atomic E-state index is 11.0. The smallest absolute Gasteiger partial charge is 0.340 e. The van der Waals surface area contributed by atoms with Gasteiger partial charge in [-0.3, -0.25) is 14.4 Å². The summed E-state index contributed by atoms with van der Waals surface area (Å²) in [5.41, 5.74) is 0.0563. The molecule has 0 aromatic rings. The standard InChI is InChI=1S/C10H12O6/c1-6(2)10(14)16-9(13)4-8(12)5-15-7(3)11/h1,4-5H2,2-3H3. The Labute approximate surface area is 92.2 Å². The number of ketones is 1. The zero-order valence-electron chi connectivity index (χ0n) is 9.07. The number of ether oxygens (including phenoxy) is 2. The Kier molecular flexibility index (Phi) is 5.69. The predicted octanol–water partition coefficient (Wildman–Crippen LogP) is 0.155. The molecule has 0 N–H and O–H groups in total. The van der Waals surface area contributed by atoms with Crippen molar-refractivity contribution in [3.63, 3.8) is 0 Å². The van der Waals surface area contributed by atoms with Crippen molar-refractivity contribution in [3.05, 3.63) is 12.2 Å². The van der Waals surface area contributed by atoms with E-state index in [2.05, 4.69) is 16.1 Å². The van der Waals surface area contributed by atoms with E-state index in [0.29, 0.717) is 0 Å². The molecule has 6 heteroatoms. The Morgan fingerprint density at radius 3 is 2.12 bits per heavy atom. The van der Waals surface area contributed by atoms with Gasteiger partial charge in [-0.1, -0.05) is 6.58 Å². The number of esters is 3. The quantitative estimate of drug-likeness (QED) is 0.378. The molecule has 0 aromatic heterocycles. The van der Waals surface area contributed by atoms with Crippen molar-refractivity contribution in [1.82, 2.24) is 0 Å². The van der Waals surface area contributed by atoms with Gasteiger partial charge < -0.3 is 9.47 Å². The van der Waals surface area contributed by atoms with Crippen LogP contribution in [-0.4, -0.2) is 30.3 Å². The lowest BCUT2D eigenvalue weighted by molar-refractivity contribution is -0.159. The van der Waals surface area contributed by atoms with Gasteiger partial charge in [0.1, 0.15) is 6.42 Å². The van der Waals surface area contributed by atoms with Crippen LogP contribution in [0.25, 0.3) is 0 Å². The van der Waals surface area contributed by atoms with Gasteiger partial charge in [0.05, 0.1) is 0 Å². The van der Waals surface area contributed by atoms with Crippen molar-refractivity contribution < 1.29 is 28.7 Å². The number of carbonyl (C=O) groups is 4. The summed E-state index contributed by atoms with van der Waals surface area (Å²) in [5, 5.41) is 0. The van der Waals surface area contributed by atoms with Gasteiger partial charge >= 0.3 is 17.9 Å². The highest BCUT2D eigenvalue weighted by Crippen LogP contribution is 1.96. The first-order chi connectivity index (χ1) is 7.32. The maximum Gasteiger partial charge on any atom is 0.340 e. The predicted molar refractivity (Wildman–Crippen MR) is 52.2 cm³/mol. The van der Waals surface area contributed by atoms with Crippen molar-refractivity contribution in [3.8, 4) is 0 Å². The van der Waals surface area contributed by atoms with Gasteiger partial charge in [-0.25, -0.2) is 4.79 Å². The molecule has 6 nitrogen and oxygen atoms in total. The first kappa shape index (κ1) is 14.0. The highest BCUT2D eigenvalue weighted by molar-refractivity contribution is 6.02. The van der Waals surface area contributed by atoms with E-state index in [1.165, 1.54) is 6.92 Å². The molecule has 0 aliphatic carbocycles. The van der Waals surface area contributed by atoms with E-state index in [0.717, 1.165) is 6.92 Å². The fourth-order valence-electron chi connectivity index (χ4n) is 0.621. The normalized spacial score (nSPS) is 9.12. The molecule has 0 radical (unpaired) electrons. The minimum Gasteiger partial charge on any atom is -0.458 e. The van der Waals surface area contributed by atoms with Crippen LogP contribution >= 0.6 is 0 Å². The molecule has 0 atom stereocenters. The van der Waals surface area contributed by atoms with Crippen LogP contribution in [0.15, 0.2) is 12.2 Å². The average Bonchev–Trinajstić information content (AvgIpc) is 2.14. The molecule has 0 amide bonds. The van der Waals surface area contributed by atoms with E-state index in [1.54, 1.807) is 0 Å². The summed E-state index contributed by atoms with van der Waals surface area (Å²) in [4.78, 5) is 43.2. The van der Waals surface area contributed by atoms with Crippen LogP contribution in [0.5, 0.6) is 0 Å². The van der Waals surface area contributed by atoms with E-state index in [4.69, 9.17) is 0 Å². The molecule has 0 heterocycles. The summed E-state index contributed by atoms with van der Waals surface area (Å²) in [7, 11) is 0. The van der Waals surface area contributed by atoms with Crippen LogP contribution < -0.4 is 0 Å². The third-order valence-corrected chi connectivity index (χ3v) is 1.33. The number of hydrogen-bond donors (Lipinski definition) is 0. The van der Waals surface area contributed by atoms with Crippen molar-refractivity contribution in [2.75, 3.05) is 6.61 Å².